The van der Waals surface area contributed by atoms with Crippen molar-refractivity contribution in [3.05, 3.63) is 168 Å². The maximum atomic E-state index is 4.60. The standard InChI is InChI=1S/C49H42N2/c1-31-40-22-23-42-44(37-16-18-38(19-17-37)46-7-5-6-26-51-46)30-43(41-21-20-39(47(40)48(41)42)29-45(31)49(2,3)4)36-14-12-33(13-15-36)32-8-10-34(11-9-32)35-24-27-50-28-25-35/h5-19,22-31,40H,20-21H2,1-4H3. The van der Waals surface area contributed by atoms with Crippen LogP contribution in [0, 0.1) is 17.3 Å². The van der Waals surface area contributed by atoms with Crippen LogP contribution < -0.4 is 0 Å². The Morgan fingerprint density at radius 3 is 1.80 bits per heavy atom. The fraction of sp³-hybridized carbons (Fsp3) is 0.184. The summed E-state index contributed by atoms with van der Waals surface area (Å²) >= 11 is 0. The zero-order valence-electron chi connectivity index (χ0n) is 29.8. The first-order valence-corrected chi connectivity index (χ1v) is 18.3. The van der Waals surface area contributed by atoms with E-state index in [0.29, 0.717) is 11.8 Å². The zero-order chi connectivity index (χ0) is 34.7. The maximum absolute atomic E-state index is 4.60. The van der Waals surface area contributed by atoms with E-state index >= 15 is 0 Å². The molecule has 2 atom stereocenters. The summed E-state index contributed by atoms with van der Waals surface area (Å²) in [5.41, 5.74) is 21.3. The monoisotopic (exact) mass is 658 g/mol. The lowest BCUT2D eigenvalue weighted by atomic mass is 9.61. The molecule has 0 bridgehead atoms. The van der Waals surface area contributed by atoms with Crippen LogP contribution in [0.25, 0.3) is 67.4 Å². The second kappa shape index (κ2) is 12.3. The molecular weight excluding hydrogens is 617 g/mol. The number of hydrogen-bond donors (Lipinski definition) is 0. The molecule has 6 aromatic rings. The van der Waals surface area contributed by atoms with Crippen molar-refractivity contribution in [1.82, 2.24) is 9.97 Å². The predicted octanol–water partition coefficient (Wildman–Crippen LogP) is 12.8. The molecule has 2 aromatic heterocycles. The zero-order valence-corrected chi connectivity index (χ0v) is 29.8. The SMILES string of the molecule is CC1C(C(C)(C)C)=CC2=C3c4c(c(-c5ccc(-c6ccccn6)cc5)cc(-c5ccc(-c6ccc(-c7ccncc7)cc6)cc5)c4CC2)C=CC31. The van der Waals surface area contributed by atoms with Gasteiger partial charge in [0, 0.05) is 30.1 Å². The van der Waals surface area contributed by atoms with Crippen LogP contribution in [0.2, 0.25) is 0 Å². The van der Waals surface area contributed by atoms with Gasteiger partial charge in [-0.15, -0.1) is 0 Å². The number of rotatable bonds is 5. The fourth-order valence-corrected chi connectivity index (χ4v) is 8.78. The van der Waals surface area contributed by atoms with Crippen LogP contribution in [0.15, 0.2) is 151 Å². The molecule has 51 heavy (non-hydrogen) atoms. The van der Waals surface area contributed by atoms with Gasteiger partial charge in [0.1, 0.15) is 0 Å². The summed E-state index contributed by atoms with van der Waals surface area (Å²) in [5.74, 6) is 0.867. The van der Waals surface area contributed by atoms with Gasteiger partial charge >= 0.3 is 0 Å². The molecule has 9 rings (SSSR count). The van der Waals surface area contributed by atoms with E-state index in [1.54, 1.807) is 16.7 Å². The highest BCUT2D eigenvalue weighted by molar-refractivity contribution is 5.97. The van der Waals surface area contributed by atoms with Crippen LogP contribution in [0.5, 0.6) is 0 Å². The lowest BCUT2D eigenvalue weighted by Crippen LogP contribution is -2.29. The van der Waals surface area contributed by atoms with Crippen molar-refractivity contribution >= 4 is 11.6 Å². The summed E-state index contributed by atoms with van der Waals surface area (Å²) in [4.78, 5) is 8.77. The van der Waals surface area contributed by atoms with E-state index < -0.39 is 0 Å². The average molecular weight is 659 g/mol. The molecule has 2 heterocycles. The Kier molecular flexibility index (Phi) is 7.58. The lowest BCUT2D eigenvalue weighted by molar-refractivity contribution is 0.406. The molecule has 2 nitrogen and oxygen atoms in total. The molecule has 2 heteroatoms. The molecule has 0 aliphatic heterocycles. The van der Waals surface area contributed by atoms with Gasteiger partial charge in [-0.2, -0.15) is 0 Å². The Morgan fingerprint density at radius 1 is 0.608 bits per heavy atom. The molecule has 0 radical (unpaired) electrons. The number of pyridine rings is 2. The van der Waals surface area contributed by atoms with E-state index in [9.17, 15) is 0 Å². The first-order chi connectivity index (χ1) is 24.8. The van der Waals surface area contributed by atoms with Crippen molar-refractivity contribution in [1.29, 1.82) is 0 Å². The molecule has 2 unspecified atom stereocenters. The molecule has 0 fully saturated rings. The van der Waals surface area contributed by atoms with Crippen molar-refractivity contribution in [2.75, 3.05) is 0 Å². The number of hydrogen-bond acceptors (Lipinski definition) is 2. The summed E-state index contributed by atoms with van der Waals surface area (Å²) < 4.78 is 0. The Labute approximate surface area is 302 Å². The van der Waals surface area contributed by atoms with E-state index in [2.05, 4.69) is 159 Å². The summed E-state index contributed by atoms with van der Waals surface area (Å²) in [6, 6.07) is 39.8. The molecule has 3 aliphatic rings. The van der Waals surface area contributed by atoms with Crippen molar-refractivity contribution in [3.63, 3.8) is 0 Å². The highest BCUT2D eigenvalue weighted by atomic mass is 14.7. The minimum atomic E-state index is 0.149. The topological polar surface area (TPSA) is 25.8 Å². The van der Waals surface area contributed by atoms with Crippen LogP contribution >= 0.6 is 0 Å². The maximum Gasteiger partial charge on any atom is 0.0701 e. The number of nitrogens with zero attached hydrogens (tertiary/aromatic N) is 2. The van der Waals surface area contributed by atoms with Crippen molar-refractivity contribution in [3.8, 4) is 55.8 Å². The number of allylic oxidation sites excluding steroid dienone is 5. The molecule has 248 valence electrons. The minimum Gasteiger partial charge on any atom is -0.265 e. The van der Waals surface area contributed by atoms with Crippen LogP contribution in [-0.2, 0) is 6.42 Å². The predicted molar refractivity (Wildman–Crippen MR) is 214 cm³/mol. The van der Waals surface area contributed by atoms with Gasteiger partial charge in [0.25, 0.3) is 0 Å². The first kappa shape index (κ1) is 31.4. The summed E-state index contributed by atoms with van der Waals surface area (Å²) in [5, 5.41) is 0. The highest BCUT2D eigenvalue weighted by Crippen LogP contribution is 2.55. The second-order valence-electron chi connectivity index (χ2n) is 15.4. The summed E-state index contributed by atoms with van der Waals surface area (Å²) in [7, 11) is 0. The van der Waals surface area contributed by atoms with E-state index in [1.165, 1.54) is 61.2 Å². The smallest absolute Gasteiger partial charge is 0.0701 e. The van der Waals surface area contributed by atoms with Crippen LogP contribution in [0.4, 0.5) is 0 Å². The third kappa shape index (κ3) is 5.51. The Balaban J connectivity index is 1.17. The molecule has 0 saturated carbocycles. The van der Waals surface area contributed by atoms with Gasteiger partial charge in [-0.05, 0) is 127 Å². The first-order valence-electron chi connectivity index (χ1n) is 18.3. The fourth-order valence-electron chi connectivity index (χ4n) is 8.78. The normalized spacial score (nSPS) is 17.6. The molecule has 0 amide bonds. The molecule has 0 saturated heterocycles. The van der Waals surface area contributed by atoms with E-state index in [4.69, 9.17) is 0 Å². The average Bonchev–Trinajstić information content (AvgIpc) is 3.18. The lowest BCUT2D eigenvalue weighted by Gasteiger charge is -2.43. The highest BCUT2D eigenvalue weighted by Gasteiger charge is 2.39. The largest absolute Gasteiger partial charge is 0.265 e. The minimum absolute atomic E-state index is 0.149. The molecule has 3 aliphatic carbocycles. The van der Waals surface area contributed by atoms with Crippen molar-refractivity contribution in [2.24, 2.45) is 17.3 Å². The third-order valence-corrected chi connectivity index (χ3v) is 11.3. The second-order valence-corrected chi connectivity index (χ2v) is 15.4. The van der Waals surface area contributed by atoms with Crippen LogP contribution in [-0.4, -0.2) is 9.97 Å². The van der Waals surface area contributed by atoms with Crippen LogP contribution in [0.1, 0.15) is 50.8 Å². The Morgan fingerprint density at radius 2 is 1.20 bits per heavy atom. The van der Waals surface area contributed by atoms with Gasteiger partial charge < -0.3 is 0 Å². The number of benzene rings is 4. The van der Waals surface area contributed by atoms with Gasteiger partial charge in [0.05, 0.1) is 5.69 Å². The molecular formula is C49H42N2. The van der Waals surface area contributed by atoms with Gasteiger partial charge in [-0.1, -0.05) is 130 Å². The third-order valence-electron chi connectivity index (χ3n) is 11.3. The van der Waals surface area contributed by atoms with E-state index in [-0.39, 0.29) is 5.41 Å². The number of aromatic nitrogens is 2. The Bertz CT molecular complexity index is 2350. The Hall–Kier alpha value is -5.60. The molecule has 0 N–H and O–H groups in total. The van der Waals surface area contributed by atoms with Gasteiger partial charge in [-0.3, -0.25) is 9.97 Å². The van der Waals surface area contributed by atoms with Gasteiger partial charge in [0.15, 0.2) is 0 Å². The van der Waals surface area contributed by atoms with Gasteiger partial charge in [0.2, 0.25) is 0 Å². The van der Waals surface area contributed by atoms with Crippen molar-refractivity contribution in [2.45, 2.75) is 40.5 Å². The van der Waals surface area contributed by atoms with Crippen LogP contribution in [0.3, 0.4) is 0 Å². The molecule has 4 aromatic carbocycles. The summed E-state index contributed by atoms with van der Waals surface area (Å²) in [6.45, 7) is 9.57. The van der Waals surface area contributed by atoms with E-state index in [0.717, 1.165) is 24.1 Å². The quantitative estimate of drug-likeness (QED) is 0.184. The van der Waals surface area contributed by atoms with E-state index in [1.807, 2.05) is 24.7 Å². The molecule has 0 spiro atoms. The van der Waals surface area contributed by atoms with Gasteiger partial charge in [-0.25, -0.2) is 0 Å². The summed E-state index contributed by atoms with van der Waals surface area (Å²) in [6.07, 6.45) is 15.2. The van der Waals surface area contributed by atoms with Crippen molar-refractivity contribution < 1.29 is 0 Å².